The lowest BCUT2D eigenvalue weighted by atomic mass is 10.2. The maximum absolute atomic E-state index is 12.1. The van der Waals surface area contributed by atoms with E-state index in [1.165, 1.54) is 7.05 Å². The van der Waals surface area contributed by atoms with Crippen LogP contribution in [0.2, 0.25) is 0 Å². The molecule has 3 N–H and O–H groups in total. The normalized spacial score (nSPS) is 18.8. The van der Waals surface area contributed by atoms with Gasteiger partial charge in [0.15, 0.2) is 0 Å². The van der Waals surface area contributed by atoms with Crippen LogP contribution in [0.5, 0.6) is 0 Å². The minimum absolute atomic E-state index is 0.0225. The number of carbonyl (C=O) groups is 1. The molecule has 0 aliphatic heterocycles. The van der Waals surface area contributed by atoms with Crippen molar-refractivity contribution in [3.05, 3.63) is 0 Å². The third kappa shape index (κ3) is 5.32. The lowest BCUT2D eigenvalue weighted by molar-refractivity contribution is -0.145. The van der Waals surface area contributed by atoms with Crippen molar-refractivity contribution >= 4 is 5.91 Å². The highest BCUT2D eigenvalue weighted by Gasteiger charge is 2.32. The van der Waals surface area contributed by atoms with Crippen molar-refractivity contribution in [2.75, 3.05) is 20.1 Å². The molecule has 0 aromatic rings. The molecule has 1 rings (SSSR count). The molecule has 7 heteroatoms. The van der Waals surface area contributed by atoms with E-state index in [9.17, 15) is 18.0 Å². The predicted octanol–water partition coefficient (Wildman–Crippen LogP) is 0.0864. The lowest BCUT2D eigenvalue weighted by Gasteiger charge is -2.23. The number of hydrogen-bond donors (Lipinski definition) is 2. The fourth-order valence-corrected chi connectivity index (χ4v) is 1.44. The number of hydrogen-bond acceptors (Lipinski definition) is 3. The first kappa shape index (κ1) is 13.2. The molecule has 1 amide bonds. The number of alkyl halides is 3. The Labute approximate surface area is 92.0 Å². The van der Waals surface area contributed by atoms with Gasteiger partial charge in [0.25, 0.3) is 0 Å². The Morgan fingerprint density at radius 1 is 1.56 bits per heavy atom. The molecule has 0 aromatic heterocycles. The minimum atomic E-state index is -4.25. The van der Waals surface area contributed by atoms with Gasteiger partial charge in [0, 0.05) is 12.6 Å². The van der Waals surface area contributed by atoms with Gasteiger partial charge in [-0.25, -0.2) is 0 Å². The summed E-state index contributed by atoms with van der Waals surface area (Å²) in [5.74, 6) is -0.610. The van der Waals surface area contributed by atoms with Crippen LogP contribution in [0, 0.1) is 0 Å². The van der Waals surface area contributed by atoms with Crippen molar-refractivity contribution in [1.29, 1.82) is 0 Å². The highest BCUT2D eigenvalue weighted by Crippen LogP contribution is 2.20. The first-order chi connectivity index (χ1) is 7.28. The molecule has 1 fully saturated rings. The number of halogens is 3. The molecule has 1 unspecified atom stereocenters. The Kier molecular flexibility index (Phi) is 4.15. The summed E-state index contributed by atoms with van der Waals surface area (Å²) in [5, 5.41) is 2.92. The van der Waals surface area contributed by atoms with E-state index in [-0.39, 0.29) is 12.6 Å². The topological polar surface area (TPSA) is 58.4 Å². The smallest absolute Gasteiger partial charge is 0.368 e. The molecule has 0 aromatic carbocycles. The molecular weight excluding hydrogens is 223 g/mol. The molecule has 4 nitrogen and oxygen atoms in total. The fourth-order valence-electron chi connectivity index (χ4n) is 1.44. The molecule has 0 spiro atoms. The number of nitrogens with two attached hydrogens (primary N) is 1. The van der Waals surface area contributed by atoms with Crippen LogP contribution in [-0.2, 0) is 4.79 Å². The van der Waals surface area contributed by atoms with E-state index < -0.39 is 24.7 Å². The summed E-state index contributed by atoms with van der Waals surface area (Å²) in [6.07, 6.45) is -2.35. The average Bonchev–Trinajstić information content (AvgIpc) is 2.82. The van der Waals surface area contributed by atoms with Crippen molar-refractivity contribution in [2.45, 2.75) is 31.1 Å². The van der Waals surface area contributed by atoms with E-state index in [1.54, 1.807) is 0 Å². The van der Waals surface area contributed by atoms with Gasteiger partial charge in [-0.3, -0.25) is 9.69 Å². The molecule has 0 radical (unpaired) electrons. The van der Waals surface area contributed by atoms with Gasteiger partial charge in [0.1, 0.15) is 0 Å². The highest BCUT2D eigenvalue weighted by molar-refractivity contribution is 5.80. The van der Waals surface area contributed by atoms with Crippen LogP contribution in [0.25, 0.3) is 0 Å². The van der Waals surface area contributed by atoms with Gasteiger partial charge in [-0.1, -0.05) is 0 Å². The zero-order chi connectivity index (χ0) is 12.3. The maximum Gasteiger partial charge on any atom is 0.401 e. The molecule has 1 aliphatic carbocycles. The third-order valence-electron chi connectivity index (χ3n) is 2.30. The van der Waals surface area contributed by atoms with E-state index in [4.69, 9.17) is 5.73 Å². The summed E-state index contributed by atoms with van der Waals surface area (Å²) in [6.45, 7) is -1.06. The second-order valence-electron chi connectivity index (χ2n) is 4.21. The van der Waals surface area contributed by atoms with Crippen LogP contribution in [0.15, 0.2) is 0 Å². The molecule has 1 aliphatic rings. The van der Waals surface area contributed by atoms with Gasteiger partial charge in [-0.15, -0.1) is 0 Å². The van der Waals surface area contributed by atoms with E-state index in [1.807, 2.05) is 0 Å². The van der Waals surface area contributed by atoms with Gasteiger partial charge in [-0.05, 0) is 19.9 Å². The van der Waals surface area contributed by atoms with Crippen molar-refractivity contribution in [3.63, 3.8) is 0 Å². The van der Waals surface area contributed by atoms with Crippen LogP contribution in [0.4, 0.5) is 13.2 Å². The van der Waals surface area contributed by atoms with Crippen LogP contribution in [0.1, 0.15) is 12.8 Å². The number of nitrogens with zero attached hydrogens (tertiary/aromatic N) is 1. The van der Waals surface area contributed by atoms with Gasteiger partial charge in [0.05, 0.1) is 12.6 Å². The molecule has 0 heterocycles. The minimum Gasteiger partial charge on any atom is -0.368 e. The third-order valence-corrected chi connectivity index (χ3v) is 2.30. The van der Waals surface area contributed by atoms with Gasteiger partial charge in [0.2, 0.25) is 5.91 Å². The van der Waals surface area contributed by atoms with Crippen LogP contribution < -0.4 is 11.1 Å². The van der Waals surface area contributed by atoms with Crippen molar-refractivity contribution in [3.8, 4) is 0 Å². The average molecular weight is 239 g/mol. The summed E-state index contributed by atoms with van der Waals surface area (Å²) >= 11 is 0. The van der Waals surface area contributed by atoms with E-state index in [0.29, 0.717) is 0 Å². The second-order valence-corrected chi connectivity index (χ2v) is 4.21. The maximum atomic E-state index is 12.1. The lowest BCUT2D eigenvalue weighted by Crippen LogP contribution is -2.50. The summed E-state index contributed by atoms with van der Waals surface area (Å²) in [6, 6.07) is -0.475. The molecule has 1 saturated carbocycles. The summed E-state index contributed by atoms with van der Waals surface area (Å²) in [5.41, 5.74) is 5.12. The van der Waals surface area contributed by atoms with Crippen molar-refractivity contribution < 1.29 is 18.0 Å². The largest absolute Gasteiger partial charge is 0.401 e. The Bertz CT molecular complexity index is 253. The quantitative estimate of drug-likeness (QED) is 0.690. The molecule has 0 bridgehead atoms. The van der Waals surface area contributed by atoms with E-state index in [0.717, 1.165) is 17.7 Å². The second kappa shape index (κ2) is 5.01. The van der Waals surface area contributed by atoms with Crippen LogP contribution in [0.3, 0.4) is 0 Å². The number of likely N-dealkylation sites (N-methyl/N-ethyl adjacent to an activating group) is 1. The number of rotatable bonds is 6. The van der Waals surface area contributed by atoms with Gasteiger partial charge in [-0.2, -0.15) is 13.2 Å². The molecule has 1 atom stereocenters. The van der Waals surface area contributed by atoms with E-state index >= 15 is 0 Å². The Balaban J connectivity index is 2.37. The molecule has 16 heavy (non-hydrogen) atoms. The van der Waals surface area contributed by atoms with Crippen molar-refractivity contribution in [1.82, 2.24) is 10.2 Å². The van der Waals surface area contributed by atoms with Crippen LogP contribution in [-0.4, -0.2) is 49.2 Å². The SMILES string of the molecule is CN(CC(NC1CC1)C(N)=O)CC(F)(F)F. The zero-order valence-electron chi connectivity index (χ0n) is 9.05. The fraction of sp³-hybridized carbons (Fsp3) is 0.889. The van der Waals surface area contributed by atoms with Crippen molar-refractivity contribution in [2.24, 2.45) is 5.73 Å². The number of primary amides is 1. The Hall–Kier alpha value is -0.820. The zero-order valence-corrected chi connectivity index (χ0v) is 9.05. The summed E-state index contributed by atoms with van der Waals surface area (Å²) in [7, 11) is 1.32. The first-order valence-corrected chi connectivity index (χ1v) is 5.08. The first-order valence-electron chi connectivity index (χ1n) is 5.08. The summed E-state index contributed by atoms with van der Waals surface area (Å²) < 4.78 is 36.2. The number of nitrogens with one attached hydrogen (secondary N) is 1. The molecule has 0 saturated heterocycles. The number of carbonyl (C=O) groups excluding carboxylic acids is 1. The molecule has 94 valence electrons. The standard InChI is InChI=1S/C9H16F3N3O/c1-15(5-9(10,11)12)4-7(8(13)16)14-6-2-3-6/h6-7,14H,2-5H2,1H3,(H2,13,16). The van der Waals surface area contributed by atoms with Crippen LogP contribution >= 0.6 is 0 Å². The number of amides is 1. The highest BCUT2D eigenvalue weighted by atomic mass is 19.4. The molecular formula is C9H16F3N3O. The Morgan fingerprint density at radius 2 is 2.12 bits per heavy atom. The monoisotopic (exact) mass is 239 g/mol. The van der Waals surface area contributed by atoms with Gasteiger partial charge >= 0.3 is 6.18 Å². The van der Waals surface area contributed by atoms with Gasteiger partial charge < -0.3 is 11.1 Å². The van der Waals surface area contributed by atoms with E-state index in [2.05, 4.69) is 5.32 Å². The summed E-state index contributed by atoms with van der Waals surface area (Å²) in [4.78, 5) is 12.1. The predicted molar refractivity (Wildman–Crippen MR) is 52.7 cm³/mol. The Morgan fingerprint density at radius 3 is 2.50 bits per heavy atom.